The summed E-state index contributed by atoms with van der Waals surface area (Å²) in [5, 5.41) is 18.4. The zero-order valence-corrected chi connectivity index (χ0v) is 12.4. The number of hydrogen-bond donors (Lipinski definition) is 2. The fraction of sp³-hybridized carbons (Fsp3) is 0.333. The van der Waals surface area contributed by atoms with Crippen molar-refractivity contribution < 1.29 is 19.3 Å². The second-order valence-corrected chi connectivity index (χ2v) is 5.18. The van der Waals surface area contributed by atoms with Crippen LogP contribution in [0.3, 0.4) is 0 Å². The molecule has 0 radical (unpaired) electrons. The summed E-state index contributed by atoms with van der Waals surface area (Å²) in [6, 6.07) is 14.1. The third kappa shape index (κ3) is 6.99. The Bertz CT molecular complexity index is 578. The number of benzene rings is 2. The first-order valence-corrected chi connectivity index (χ1v) is 7.42. The van der Waals surface area contributed by atoms with Gasteiger partial charge in [0.2, 0.25) is 0 Å². The van der Waals surface area contributed by atoms with E-state index in [-0.39, 0.29) is 61.2 Å². The van der Waals surface area contributed by atoms with E-state index >= 15 is 0 Å². The van der Waals surface area contributed by atoms with Gasteiger partial charge in [0.15, 0.2) is 17.4 Å². The maximum atomic E-state index is 13.6. The van der Waals surface area contributed by atoms with Crippen molar-refractivity contribution in [3.63, 3.8) is 0 Å². The van der Waals surface area contributed by atoms with Crippen molar-refractivity contribution in [3.8, 4) is 5.75 Å². The van der Waals surface area contributed by atoms with Crippen LogP contribution in [0.25, 0.3) is 0 Å². The molecular formula is C18H25AlFLiO3. The van der Waals surface area contributed by atoms with Gasteiger partial charge in [0, 0.05) is 18.8 Å². The van der Waals surface area contributed by atoms with Gasteiger partial charge in [-0.3, -0.25) is 0 Å². The third-order valence-corrected chi connectivity index (χ3v) is 3.60. The van der Waals surface area contributed by atoms with Crippen LogP contribution >= 0.6 is 0 Å². The molecule has 2 aromatic rings. The van der Waals surface area contributed by atoms with E-state index in [0.29, 0.717) is 30.8 Å². The molecule has 0 aliphatic heterocycles. The van der Waals surface area contributed by atoms with Crippen LogP contribution in [0.1, 0.15) is 29.9 Å². The molecule has 0 saturated heterocycles. The van der Waals surface area contributed by atoms with Crippen LogP contribution in [0.4, 0.5) is 4.39 Å². The molecule has 0 heterocycles. The summed E-state index contributed by atoms with van der Waals surface area (Å²) in [7, 11) is 0. The van der Waals surface area contributed by atoms with Gasteiger partial charge < -0.3 is 14.9 Å². The number of hydrogen-bond acceptors (Lipinski definition) is 3. The Balaban J connectivity index is 0.00000264. The average molecular weight is 342 g/mol. The van der Waals surface area contributed by atoms with Crippen molar-refractivity contribution >= 4 is 36.2 Å². The van der Waals surface area contributed by atoms with Gasteiger partial charge in [-0.15, -0.1) is 0 Å². The van der Waals surface area contributed by atoms with E-state index in [1.807, 2.05) is 30.3 Å². The van der Waals surface area contributed by atoms with Crippen LogP contribution in [0, 0.1) is 5.82 Å². The van der Waals surface area contributed by atoms with Crippen LogP contribution < -0.4 is 4.74 Å². The van der Waals surface area contributed by atoms with Gasteiger partial charge in [0.25, 0.3) is 0 Å². The Morgan fingerprint density at radius 3 is 2.17 bits per heavy atom. The van der Waals surface area contributed by atoms with E-state index in [0.717, 1.165) is 5.56 Å². The minimum atomic E-state index is -0.344. The van der Waals surface area contributed by atoms with E-state index < -0.39 is 0 Å². The molecular weight excluding hydrogens is 317 g/mol. The van der Waals surface area contributed by atoms with Crippen molar-refractivity contribution in [3.05, 3.63) is 65.5 Å². The molecule has 24 heavy (non-hydrogen) atoms. The summed E-state index contributed by atoms with van der Waals surface area (Å²) < 4.78 is 19.4. The fourth-order valence-electron chi connectivity index (χ4n) is 2.47. The van der Waals surface area contributed by atoms with Crippen LogP contribution in [0.2, 0.25) is 0 Å². The SMILES string of the molecule is OCCC(CCO)c1cc(F)ccc1OCc1ccccc1.[AlH3].[LiH]. The number of aliphatic hydroxyl groups excluding tert-OH is 2. The van der Waals surface area contributed by atoms with E-state index in [4.69, 9.17) is 4.74 Å². The summed E-state index contributed by atoms with van der Waals surface area (Å²) in [5.74, 6) is 0.122. The Morgan fingerprint density at radius 1 is 0.958 bits per heavy atom. The second kappa shape index (κ2) is 12.6. The van der Waals surface area contributed by atoms with Crippen molar-refractivity contribution in [1.82, 2.24) is 0 Å². The quantitative estimate of drug-likeness (QED) is 0.714. The predicted molar refractivity (Wildman–Crippen MR) is 100 cm³/mol. The van der Waals surface area contributed by atoms with Gasteiger partial charge in [-0.2, -0.15) is 0 Å². The summed E-state index contributed by atoms with van der Waals surface area (Å²) in [4.78, 5) is 0. The normalized spacial score (nSPS) is 10.0. The van der Waals surface area contributed by atoms with Gasteiger partial charge in [0.05, 0.1) is 0 Å². The maximum absolute atomic E-state index is 13.6. The van der Waals surface area contributed by atoms with E-state index in [1.165, 1.54) is 12.1 Å². The van der Waals surface area contributed by atoms with Crippen molar-refractivity contribution in [1.29, 1.82) is 0 Å². The molecule has 0 bridgehead atoms. The van der Waals surface area contributed by atoms with Gasteiger partial charge in [-0.25, -0.2) is 4.39 Å². The zero-order chi connectivity index (χ0) is 15.8. The first kappa shape index (κ1) is 23.2. The third-order valence-electron chi connectivity index (χ3n) is 3.60. The van der Waals surface area contributed by atoms with Crippen molar-refractivity contribution in [2.24, 2.45) is 0 Å². The standard InChI is InChI=1S/C18H21FO3.Al.Li.4H/c19-16-6-7-18(22-13-14-4-2-1-3-5-14)17(12-16)15(8-10-20)9-11-21;;;;;;/h1-7,12,15,20-21H,8-11,13H2;;;;;;. The summed E-state index contributed by atoms with van der Waals surface area (Å²) in [6.45, 7) is 0.364. The summed E-state index contributed by atoms with van der Waals surface area (Å²) in [5.41, 5.74) is 1.72. The topological polar surface area (TPSA) is 49.7 Å². The van der Waals surface area contributed by atoms with Crippen molar-refractivity contribution in [2.45, 2.75) is 25.4 Å². The molecule has 2 aromatic carbocycles. The molecule has 2 rings (SSSR count). The zero-order valence-electron chi connectivity index (χ0n) is 12.4. The van der Waals surface area contributed by atoms with Gasteiger partial charge in [0.1, 0.15) is 18.2 Å². The molecule has 3 nitrogen and oxygen atoms in total. The molecule has 2 N–H and O–H groups in total. The monoisotopic (exact) mass is 342 g/mol. The summed E-state index contributed by atoms with van der Waals surface area (Å²) in [6.07, 6.45) is 0.928. The van der Waals surface area contributed by atoms with Gasteiger partial charge in [-0.1, -0.05) is 30.3 Å². The molecule has 0 saturated carbocycles. The van der Waals surface area contributed by atoms with E-state index in [1.54, 1.807) is 6.07 Å². The number of ether oxygens (including phenoxy) is 1. The van der Waals surface area contributed by atoms with Gasteiger partial charge in [-0.05, 0) is 42.5 Å². The Kier molecular flexibility index (Phi) is 12.2. The molecule has 126 valence electrons. The van der Waals surface area contributed by atoms with Gasteiger partial charge >= 0.3 is 18.9 Å². The molecule has 0 spiro atoms. The van der Waals surface area contributed by atoms with E-state index in [9.17, 15) is 14.6 Å². The molecule has 0 aromatic heterocycles. The Hall–Kier alpha value is -0.780. The van der Waals surface area contributed by atoms with Crippen molar-refractivity contribution in [2.75, 3.05) is 13.2 Å². The molecule has 0 atom stereocenters. The molecule has 6 heteroatoms. The molecule has 0 amide bonds. The minimum absolute atomic E-state index is 0. The fourth-order valence-corrected chi connectivity index (χ4v) is 2.47. The van der Waals surface area contributed by atoms with Crippen LogP contribution in [-0.4, -0.2) is 59.6 Å². The number of aliphatic hydroxyl groups is 2. The molecule has 0 unspecified atom stereocenters. The summed E-state index contributed by atoms with van der Waals surface area (Å²) >= 11 is 0. The molecule has 0 fully saturated rings. The number of halogens is 1. The van der Waals surface area contributed by atoms with Crippen LogP contribution in [0.5, 0.6) is 5.75 Å². The van der Waals surface area contributed by atoms with E-state index in [2.05, 4.69) is 0 Å². The first-order chi connectivity index (χ1) is 10.7. The molecule has 0 aliphatic carbocycles. The first-order valence-electron chi connectivity index (χ1n) is 7.42. The Morgan fingerprint density at radius 2 is 1.58 bits per heavy atom. The Labute approximate surface area is 165 Å². The van der Waals surface area contributed by atoms with Crippen LogP contribution in [-0.2, 0) is 6.61 Å². The molecule has 0 aliphatic rings. The second-order valence-electron chi connectivity index (χ2n) is 5.18. The van der Waals surface area contributed by atoms with Crippen LogP contribution in [0.15, 0.2) is 48.5 Å². The number of rotatable bonds is 8. The average Bonchev–Trinajstić information content (AvgIpc) is 2.54. The predicted octanol–water partition coefficient (Wildman–Crippen LogP) is 1.42.